The average Bonchev–Trinajstić information content (AvgIpc) is 3.19. The predicted octanol–water partition coefficient (Wildman–Crippen LogP) is 3.69. The van der Waals surface area contributed by atoms with Crippen LogP contribution in [0.3, 0.4) is 0 Å². The van der Waals surface area contributed by atoms with Crippen molar-refractivity contribution in [1.82, 2.24) is 20.7 Å². The molecule has 0 fully saturated rings. The second-order valence-electron chi connectivity index (χ2n) is 8.67. The van der Waals surface area contributed by atoms with Gasteiger partial charge in [0.15, 0.2) is 11.7 Å². The number of nitrogens with one attached hydrogen (secondary N) is 2. The zero-order valence-electron chi connectivity index (χ0n) is 18.5. The van der Waals surface area contributed by atoms with Crippen LogP contribution in [0.15, 0.2) is 39.8 Å². The highest BCUT2D eigenvalue weighted by molar-refractivity contribution is 5.79. The van der Waals surface area contributed by atoms with Gasteiger partial charge in [-0.1, -0.05) is 43.3 Å². The van der Waals surface area contributed by atoms with Crippen LogP contribution in [0.4, 0.5) is 0 Å². The van der Waals surface area contributed by atoms with Crippen molar-refractivity contribution in [3.8, 4) is 0 Å². The van der Waals surface area contributed by atoms with Gasteiger partial charge in [0.1, 0.15) is 6.54 Å². The van der Waals surface area contributed by atoms with Gasteiger partial charge < -0.3 is 15.2 Å². The summed E-state index contributed by atoms with van der Waals surface area (Å²) in [5.41, 5.74) is 3.91. The van der Waals surface area contributed by atoms with Crippen molar-refractivity contribution in [2.75, 3.05) is 19.6 Å². The Kier molecular flexibility index (Phi) is 6.96. The fraction of sp³-hybridized carbons (Fsp3) is 0.565. The van der Waals surface area contributed by atoms with Crippen LogP contribution in [0.25, 0.3) is 0 Å². The molecule has 158 valence electrons. The molecule has 0 bridgehead atoms. The van der Waals surface area contributed by atoms with Gasteiger partial charge >= 0.3 is 0 Å². The number of nitrogens with zero attached hydrogens (tertiary/aromatic N) is 3. The molecule has 0 saturated carbocycles. The Morgan fingerprint density at radius 1 is 1.24 bits per heavy atom. The van der Waals surface area contributed by atoms with E-state index in [-0.39, 0.29) is 5.54 Å². The van der Waals surface area contributed by atoms with Crippen molar-refractivity contribution in [1.29, 1.82) is 0 Å². The summed E-state index contributed by atoms with van der Waals surface area (Å²) in [6, 6.07) is 10.8. The number of benzene rings is 1. The van der Waals surface area contributed by atoms with Gasteiger partial charge in [0.2, 0.25) is 0 Å². The van der Waals surface area contributed by atoms with Gasteiger partial charge in [-0.2, -0.15) is 0 Å². The lowest BCUT2D eigenvalue weighted by Gasteiger charge is -2.42. The maximum Gasteiger partial charge on any atom is 0.191 e. The molecule has 0 atom stereocenters. The van der Waals surface area contributed by atoms with Crippen LogP contribution in [0.1, 0.15) is 63.1 Å². The zero-order chi connectivity index (χ0) is 20.9. The van der Waals surface area contributed by atoms with Gasteiger partial charge in [0, 0.05) is 37.8 Å². The Morgan fingerprint density at radius 2 is 2.00 bits per heavy atom. The molecule has 29 heavy (non-hydrogen) atoms. The number of hydrogen-bond acceptors (Lipinski definition) is 4. The summed E-state index contributed by atoms with van der Waals surface area (Å²) in [4.78, 5) is 7.24. The van der Waals surface area contributed by atoms with Crippen molar-refractivity contribution in [2.24, 2.45) is 4.99 Å². The third kappa shape index (κ3) is 5.60. The minimum absolute atomic E-state index is 0.0147. The van der Waals surface area contributed by atoms with Gasteiger partial charge in [-0.3, -0.25) is 4.90 Å². The molecule has 1 aromatic heterocycles. The average molecular weight is 398 g/mol. The number of aliphatic imine (C=N–C) groups is 1. The molecule has 1 aliphatic rings. The predicted molar refractivity (Wildman–Crippen MR) is 118 cm³/mol. The summed E-state index contributed by atoms with van der Waals surface area (Å²) in [7, 11) is 0. The van der Waals surface area contributed by atoms with Crippen LogP contribution >= 0.6 is 0 Å². The van der Waals surface area contributed by atoms with Gasteiger partial charge in [0.25, 0.3) is 0 Å². The Bertz CT molecular complexity index is 824. The van der Waals surface area contributed by atoms with Gasteiger partial charge in [-0.05, 0) is 44.2 Å². The smallest absolute Gasteiger partial charge is 0.191 e. The van der Waals surface area contributed by atoms with Crippen LogP contribution in [0.2, 0.25) is 0 Å². The van der Waals surface area contributed by atoms with Crippen molar-refractivity contribution in [3.05, 3.63) is 52.9 Å². The minimum atomic E-state index is 0.0147. The SMILES string of the molecule is CCNC(=NCc1cc(C(C)C)no1)NCC(C)(C)N1CCc2ccccc2C1. The van der Waals surface area contributed by atoms with Crippen LogP contribution in [-0.2, 0) is 19.5 Å². The quantitative estimate of drug-likeness (QED) is 0.551. The summed E-state index contributed by atoms with van der Waals surface area (Å²) < 4.78 is 5.41. The highest BCUT2D eigenvalue weighted by atomic mass is 16.5. The van der Waals surface area contributed by atoms with E-state index in [9.17, 15) is 0 Å². The molecule has 0 aliphatic carbocycles. The lowest BCUT2D eigenvalue weighted by Crippen LogP contribution is -2.54. The normalized spacial score (nSPS) is 15.4. The van der Waals surface area contributed by atoms with E-state index in [1.807, 2.05) is 6.07 Å². The summed E-state index contributed by atoms with van der Waals surface area (Å²) in [5.74, 6) is 1.96. The Morgan fingerprint density at radius 3 is 2.69 bits per heavy atom. The maximum absolute atomic E-state index is 5.41. The first-order valence-corrected chi connectivity index (χ1v) is 10.7. The molecule has 1 aliphatic heterocycles. The van der Waals surface area contributed by atoms with Crippen LogP contribution in [0.5, 0.6) is 0 Å². The van der Waals surface area contributed by atoms with Gasteiger partial charge in [0.05, 0.1) is 5.69 Å². The standard InChI is InChI=1S/C23H35N5O/c1-6-24-22(25-14-20-13-21(17(2)3)27-29-20)26-16-23(4,5)28-12-11-18-9-7-8-10-19(18)15-28/h7-10,13,17H,6,11-12,14-16H2,1-5H3,(H2,24,25,26). The van der Waals surface area contributed by atoms with Crippen molar-refractivity contribution < 1.29 is 4.52 Å². The van der Waals surface area contributed by atoms with E-state index in [4.69, 9.17) is 4.52 Å². The number of guanidine groups is 1. The molecule has 1 aromatic carbocycles. The van der Waals surface area contributed by atoms with E-state index in [1.165, 1.54) is 11.1 Å². The molecule has 0 spiro atoms. The summed E-state index contributed by atoms with van der Waals surface area (Å²) in [5, 5.41) is 11.0. The molecule has 3 rings (SSSR count). The zero-order valence-corrected chi connectivity index (χ0v) is 18.5. The molecule has 0 amide bonds. The minimum Gasteiger partial charge on any atom is -0.359 e. The second-order valence-corrected chi connectivity index (χ2v) is 8.67. The Labute approximate surface area is 174 Å². The molecule has 2 heterocycles. The maximum atomic E-state index is 5.41. The molecule has 2 aromatic rings. The second kappa shape index (κ2) is 9.44. The number of rotatable bonds is 7. The molecule has 0 radical (unpaired) electrons. The van der Waals surface area contributed by atoms with E-state index < -0.39 is 0 Å². The highest BCUT2D eigenvalue weighted by Gasteiger charge is 2.29. The molecule has 0 saturated heterocycles. The first kappa shape index (κ1) is 21.4. The lowest BCUT2D eigenvalue weighted by atomic mass is 9.94. The van der Waals surface area contributed by atoms with Crippen LogP contribution < -0.4 is 10.6 Å². The van der Waals surface area contributed by atoms with E-state index >= 15 is 0 Å². The fourth-order valence-corrected chi connectivity index (χ4v) is 3.60. The largest absolute Gasteiger partial charge is 0.359 e. The van der Waals surface area contributed by atoms with Crippen molar-refractivity contribution in [3.63, 3.8) is 0 Å². The van der Waals surface area contributed by atoms with Gasteiger partial charge in [-0.15, -0.1) is 0 Å². The first-order valence-electron chi connectivity index (χ1n) is 10.7. The van der Waals surface area contributed by atoms with E-state index in [1.54, 1.807) is 0 Å². The first-order chi connectivity index (χ1) is 13.9. The number of fused-ring (bicyclic) bond motifs is 1. The van der Waals surface area contributed by atoms with Gasteiger partial charge in [-0.25, -0.2) is 4.99 Å². The summed E-state index contributed by atoms with van der Waals surface area (Å²) >= 11 is 0. The third-order valence-corrected chi connectivity index (χ3v) is 5.58. The van der Waals surface area contributed by atoms with E-state index in [0.717, 1.165) is 50.0 Å². The number of hydrogen-bond donors (Lipinski definition) is 2. The van der Waals surface area contributed by atoms with Crippen LogP contribution in [-0.4, -0.2) is 41.2 Å². The van der Waals surface area contributed by atoms with E-state index in [0.29, 0.717) is 12.5 Å². The van der Waals surface area contributed by atoms with E-state index in [2.05, 4.69) is 84.6 Å². The topological polar surface area (TPSA) is 65.7 Å². The molecule has 6 nitrogen and oxygen atoms in total. The summed E-state index contributed by atoms with van der Waals surface area (Å²) in [6.07, 6.45) is 1.11. The molecule has 0 unspecified atom stereocenters. The molecular formula is C23H35N5O. The lowest BCUT2D eigenvalue weighted by molar-refractivity contribution is 0.107. The molecule has 2 N–H and O–H groups in total. The Balaban J connectivity index is 1.60. The third-order valence-electron chi connectivity index (χ3n) is 5.58. The van der Waals surface area contributed by atoms with Crippen molar-refractivity contribution >= 4 is 5.96 Å². The van der Waals surface area contributed by atoms with Crippen molar-refractivity contribution in [2.45, 2.75) is 65.6 Å². The fourth-order valence-electron chi connectivity index (χ4n) is 3.60. The molecular weight excluding hydrogens is 362 g/mol. The number of aromatic nitrogens is 1. The highest BCUT2D eigenvalue weighted by Crippen LogP contribution is 2.25. The monoisotopic (exact) mass is 397 g/mol. The Hall–Kier alpha value is -2.34. The molecule has 6 heteroatoms. The van der Waals surface area contributed by atoms with Crippen LogP contribution in [0, 0.1) is 0 Å². The summed E-state index contributed by atoms with van der Waals surface area (Å²) in [6.45, 7) is 15.1.